The molecule has 0 fully saturated rings. The zero-order valence-corrected chi connectivity index (χ0v) is 17.4. The summed E-state index contributed by atoms with van der Waals surface area (Å²) in [7, 11) is 0. The second kappa shape index (κ2) is 9.23. The SMILES string of the molecule is CSc1c(N)nc(-c2ccc(NC(=O)Nc3ccncc3)cc2)nc1-c1ccncc1. The molecule has 4 N–H and O–H groups in total. The molecule has 3 heterocycles. The number of thioether (sulfide) groups is 1. The number of benzene rings is 1. The van der Waals surface area contributed by atoms with E-state index in [9.17, 15) is 4.79 Å². The maximum absolute atomic E-state index is 12.2. The van der Waals surface area contributed by atoms with Gasteiger partial charge >= 0.3 is 6.03 Å². The Hall–Kier alpha value is -3.98. The van der Waals surface area contributed by atoms with E-state index < -0.39 is 0 Å². The van der Waals surface area contributed by atoms with Crippen LogP contribution in [-0.4, -0.2) is 32.2 Å². The van der Waals surface area contributed by atoms with Crippen molar-refractivity contribution in [2.75, 3.05) is 22.6 Å². The summed E-state index contributed by atoms with van der Waals surface area (Å²) in [5, 5.41) is 5.53. The average molecular weight is 430 g/mol. The van der Waals surface area contributed by atoms with Crippen molar-refractivity contribution >= 4 is 35.0 Å². The van der Waals surface area contributed by atoms with E-state index in [-0.39, 0.29) is 6.03 Å². The molecular weight excluding hydrogens is 410 g/mol. The molecule has 0 spiro atoms. The quantitative estimate of drug-likeness (QED) is 0.398. The Morgan fingerprint density at radius 2 is 1.39 bits per heavy atom. The molecule has 1 aromatic carbocycles. The molecule has 0 aliphatic carbocycles. The number of hydrogen-bond acceptors (Lipinski definition) is 7. The first kappa shape index (κ1) is 20.3. The predicted octanol–water partition coefficient (Wildman–Crippen LogP) is 4.55. The monoisotopic (exact) mass is 429 g/mol. The van der Waals surface area contributed by atoms with E-state index in [0.717, 1.165) is 21.7 Å². The molecule has 4 rings (SSSR count). The van der Waals surface area contributed by atoms with E-state index in [0.29, 0.717) is 23.0 Å². The number of nitrogens with two attached hydrogens (primary N) is 1. The number of amides is 2. The number of anilines is 3. The number of rotatable bonds is 5. The standard InChI is InChI=1S/C22H19N7OS/c1-31-19-18(14-6-10-24-11-7-14)28-21(29-20(19)23)15-2-4-16(5-3-15)26-22(30)27-17-8-12-25-13-9-17/h2-13H,1H3,(H2,23,28,29)(H2,25,26,27,30). The number of aromatic nitrogens is 4. The molecule has 0 aliphatic rings. The van der Waals surface area contributed by atoms with Crippen molar-refractivity contribution in [1.82, 2.24) is 19.9 Å². The van der Waals surface area contributed by atoms with Crippen LogP contribution in [0.4, 0.5) is 22.0 Å². The van der Waals surface area contributed by atoms with Crippen molar-refractivity contribution in [3.05, 3.63) is 73.3 Å². The zero-order chi connectivity index (χ0) is 21.6. The van der Waals surface area contributed by atoms with E-state index in [1.54, 1.807) is 49.1 Å². The van der Waals surface area contributed by atoms with Gasteiger partial charge in [0.1, 0.15) is 5.82 Å². The molecule has 0 saturated heterocycles. The molecule has 9 heteroatoms. The van der Waals surface area contributed by atoms with Gasteiger partial charge < -0.3 is 16.4 Å². The van der Waals surface area contributed by atoms with Gasteiger partial charge in [-0.05, 0) is 54.8 Å². The number of urea groups is 1. The number of carbonyl (C=O) groups is 1. The molecule has 0 aliphatic heterocycles. The highest BCUT2D eigenvalue weighted by atomic mass is 32.2. The fourth-order valence-electron chi connectivity index (χ4n) is 2.93. The average Bonchev–Trinajstić information content (AvgIpc) is 2.80. The molecule has 0 radical (unpaired) electrons. The molecule has 0 unspecified atom stereocenters. The summed E-state index contributed by atoms with van der Waals surface area (Å²) in [5.74, 6) is 0.929. The highest BCUT2D eigenvalue weighted by Gasteiger charge is 2.15. The molecule has 31 heavy (non-hydrogen) atoms. The number of nitrogens with one attached hydrogen (secondary N) is 2. The smallest absolute Gasteiger partial charge is 0.323 e. The van der Waals surface area contributed by atoms with Gasteiger partial charge in [0.05, 0.1) is 10.6 Å². The lowest BCUT2D eigenvalue weighted by Gasteiger charge is -2.12. The van der Waals surface area contributed by atoms with Crippen LogP contribution in [0, 0.1) is 0 Å². The maximum Gasteiger partial charge on any atom is 0.323 e. The third-order valence-electron chi connectivity index (χ3n) is 4.39. The minimum absolute atomic E-state index is 0.344. The minimum Gasteiger partial charge on any atom is -0.383 e. The van der Waals surface area contributed by atoms with Crippen LogP contribution in [0.1, 0.15) is 0 Å². The van der Waals surface area contributed by atoms with Gasteiger partial charge in [0.2, 0.25) is 0 Å². The number of nitrogen functional groups attached to an aromatic ring is 1. The second-order valence-corrected chi connectivity index (χ2v) is 7.26. The summed E-state index contributed by atoms with van der Waals surface area (Å²) in [6.07, 6.45) is 8.60. The molecule has 154 valence electrons. The highest BCUT2D eigenvalue weighted by molar-refractivity contribution is 7.98. The van der Waals surface area contributed by atoms with E-state index >= 15 is 0 Å². The van der Waals surface area contributed by atoms with Gasteiger partial charge in [-0.3, -0.25) is 9.97 Å². The Bertz CT molecular complexity index is 1190. The van der Waals surface area contributed by atoms with Gasteiger partial charge in [-0.2, -0.15) is 0 Å². The minimum atomic E-state index is -0.344. The largest absolute Gasteiger partial charge is 0.383 e. The van der Waals surface area contributed by atoms with Crippen LogP contribution in [0.2, 0.25) is 0 Å². The lowest BCUT2D eigenvalue weighted by atomic mass is 10.1. The van der Waals surface area contributed by atoms with Crippen LogP contribution in [-0.2, 0) is 0 Å². The van der Waals surface area contributed by atoms with Crippen LogP contribution < -0.4 is 16.4 Å². The maximum atomic E-state index is 12.2. The lowest BCUT2D eigenvalue weighted by Crippen LogP contribution is -2.19. The predicted molar refractivity (Wildman–Crippen MR) is 124 cm³/mol. The molecular formula is C22H19N7OS. The van der Waals surface area contributed by atoms with Gasteiger partial charge in [0.25, 0.3) is 0 Å². The van der Waals surface area contributed by atoms with E-state index in [1.807, 2.05) is 30.5 Å². The Balaban J connectivity index is 1.56. The second-order valence-electron chi connectivity index (χ2n) is 6.44. The number of pyridine rings is 2. The van der Waals surface area contributed by atoms with Gasteiger partial charge in [0, 0.05) is 47.3 Å². The van der Waals surface area contributed by atoms with Crippen molar-refractivity contribution in [2.45, 2.75) is 4.90 Å². The van der Waals surface area contributed by atoms with E-state index in [2.05, 4.69) is 25.6 Å². The molecule has 0 bridgehead atoms. The molecule has 2 amide bonds. The normalized spacial score (nSPS) is 10.5. The first-order valence-electron chi connectivity index (χ1n) is 9.34. The Morgan fingerprint density at radius 3 is 2.00 bits per heavy atom. The number of hydrogen-bond donors (Lipinski definition) is 3. The van der Waals surface area contributed by atoms with Gasteiger partial charge in [-0.1, -0.05) is 0 Å². The van der Waals surface area contributed by atoms with E-state index in [4.69, 9.17) is 10.7 Å². The van der Waals surface area contributed by atoms with Crippen molar-refractivity contribution in [1.29, 1.82) is 0 Å². The molecule has 0 saturated carbocycles. The highest BCUT2D eigenvalue weighted by Crippen LogP contribution is 2.34. The van der Waals surface area contributed by atoms with E-state index in [1.165, 1.54) is 11.8 Å². The van der Waals surface area contributed by atoms with Gasteiger partial charge in [-0.15, -0.1) is 11.8 Å². The summed E-state index contributed by atoms with van der Waals surface area (Å²) >= 11 is 1.50. The lowest BCUT2D eigenvalue weighted by molar-refractivity contribution is 0.262. The third kappa shape index (κ3) is 4.78. The van der Waals surface area contributed by atoms with Gasteiger partial charge in [-0.25, -0.2) is 14.8 Å². The topological polar surface area (TPSA) is 119 Å². The summed E-state index contributed by atoms with van der Waals surface area (Å²) in [6, 6.07) is 14.1. The molecule has 4 aromatic rings. The van der Waals surface area contributed by atoms with Crippen LogP contribution in [0.3, 0.4) is 0 Å². The Morgan fingerprint density at radius 1 is 0.806 bits per heavy atom. The number of carbonyl (C=O) groups excluding carboxylic acids is 1. The van der Waals surface area contributed by atoms with Crippen molar-refractivity contribution in [3.63, 3.8) is 0 Å². The Labute approximate surface area is 183 Å². The van der Waals surface area contributed by atoms with Crippen molar-refractivity contribution < 1.29 is 4.79 Å². The first-order chi connectivity index (χ1) is 15.1. The zero-order valence-electron chi connectivity index (χ0n) is 16.6. The fraction of sp³-hybridized carbons (Fsp3) is 0.0455. The Kier molecular flexibility index (Phi) is 6.04. The summed E-state index contributed by atoms with van der Waals surface area (Å²) in [6.45, 7) is 0. The van der Waals surface area contributed by atoms with Crippen LogP contribution in [0.25, 0.3) is 22.6 Å². The molecule has 0 atom stereocenters. The third-order valence-corrected chi connectivity index (χ3v) is 5.20. The number of nitrogens with zero attached hydrogens (tertiary/aromatic N) is 4. The van der Waals surface area contributed by atoms with Gasteiger partial charge in [0.15, 0.2) is 5.82 Å². The summed E-state index contributed by atoms with van der Waals surface area (Å²) < 4.78 is 0. The molecule has 8 nitrogen and oxygen atoms in total. The first-order valence-corrected chi connectivity index (χ1v) is 10.6. The summed E-state index contributed by atoms with van der Waals surface area (Å²) in [4.78, 5) is 30.2. The fourth-order valence-corrected chi connectivity index (χ4v) is 3.55. The van der Waals surface area contributed by atoms with Crippen molar-refractivity contribution in [3.8, 4) is 22.6 Å². The van der Waals surface area contributed by atoms with Crippen LogP contribution in [0.5, 0.6) is 0 Å². The van der Waals surface area contributed by atoms with Crippen LogP contribution in [0.15, 0.2) is 78.2 Å². The van der Waals surface area contributed by atoms with Crippen LogP contribution >= 0.6 is 11.8 Å². The molecule has 3 aromatic heterocycles. The summed E-state index contributed by atoms with van der Waals surface area (Å²) in [5.41, 5.74) is 9.98. The van der Waals surface area contributed by atoms with Crippen molar-refractivity contribution in [2.24, 2.45) is 0 Å².